The number of carbonyl (C=O) groups is 1. The molecule has 1 amide bonds. The van der Waals surface area contributed by atoms with E-state index in [-0.39, 0.29) is 5.91 Å². The summed E-state index contributed by atoms with van der Waals surface area (Å²) in [7, 11) is 0. The summed E-state index contributed by atoms with van der Waals surface area (Å²) < 4.78 is 0. The normalized spacial score (nSPS) is 14.2. The van der Waals surface area contributed by atoms with Crippen molar-refractivity contribution >= 4 is 11.9 Å². The van der Waals surface area contributed by atoms with Gasteiger partial charge in [-0.25, -0.2) is 9.97 Å². The van der Waals surface area contributed by atoms with Crippen molar-refractivity contribution in [2.75, 3.05) is 18.4 Å². The molecule has 0 spiro atoms. The molecule has 2 rings (SSSR count). The fourth-order valence-electron chi connectivity index (χ4n) is 2.90. The van der Waals surface area contributed by atoms with Crippen molar-refractivity contribution in [3.8, 4) is 0 Å². The van der Waals surface area contributed by atoms with Crippen molar-refractivity contribution in [2.45, 2.75) is 65.2 Å². The number of allylic oxidation sites excluding steroid dienone is 1. The first-order chi connectivity index (χ1) is 11.7. The molecule has 1 aromatic heterocycles. The van der Waals surface area contributed by atoms with Gasteiger partial charge in [-0.2, -0.15) is 0 Å². The molecule has 1 heterocycles. The minimum atomic E-state index is -0.117. The van der Waals surface area contributed by atoms with E-state index in [9.17, 15) is 4.79 Å². The molecule has 24 heavy (non-hydrogen) atoms. The highest BCUT2D eigenvalue weighted by Gasteiger charge is 2.11. The Morgan fingerprint density at radius 1 is 1.21 bits per heavy atom. The van der Waals surface area contributed by atoms with E-state index in [2.05, 4.69) is 33.6 Å². The number of rotatable bonds is 9. The summed E-state index contributed by atoms with van der Waals surface area (Å²) in [6, 6.07) is 1.74. The van der Waals surface area contributed by atoms with Gasteiger partial charge < -0.3 is 10.6 Å². The summed E-state index contributed by atoms with van der Waals surface area (Å²) in [5.74, 6) is 0.430. The summed E-state index contributed by atoms with van der Waals surface area (Å²) in [5, 5.41) is 6.19. The first-order valence-corrected chi connectivity index (χ1v) is 9.24. The van der Waals surface area contributed by atoms with E-state index < -0.39 is 0 Å². The van der Waals surface area contributed by atoms with Crippen molar-refractivity contribution in [3.05, 3.63) is 29.1 Å². The van der Waals surface area contributed by atoms with Gasteiger partial charge in [0.15, 0.2) is 0 Å². The van der Waals surface area contributed by atoms with Crippen LogP contribution in [0.3, 0.4) is 0 Å². The molecule has 0 aliphatic heterocycles. The molecule has 1 aliphatic rings. The second-order valence-corrected chi connectivity index (χ2v) is 6.47. The predicted molar refractivity (Wildman–Crippen MR) is 98.3 cm³/mol. The van der Waals surface area contributed by atoms with Crippen molar-refractivity contribution in [2.24, 2.45) is 0 Å². The largest absolute Gasteiger partial charge is 0.354 e. The highest BCUT2D eigenvalue weighted by molar-refractivity contribution is 5.92. The predicted octanol–water partition coefficient (Wildman–Crippen LogP) is 4.01. The van der Waals surface area contributed by atoms with Crippen LogP contribution in [0.25, 0.3) is 0 Å². The highest BCUT2D eigenvalue weighted by atomic mass is 16.1. The van der Waals surface area contributed by atoms with Gasteiger partial charge in [0.1, 0.15) is 5.69 Å². The zero-order valence-electron chi connectivity index (χ0n) is 15.0. The lowest BCUT2D eigenvalue weighted by molar-refractivity contribution is 0.0949. The minimum absolute atomic E-state index is 0.117. The van der Waals surface area contributed by atoms with Crippen LogP contribution < -0.4 is 10.6 Å². The van der Waals surface area contributed by atoms with Gasteiger partial charge in [-0.3, -0.25) is 4.79 Å². The quantitative estimate of drug-likeness (QED) is 0.530. The standard InChI is InChI=1S/C19H30N4O/c1-3-4-8-12-21-19-22-15(2)14-17(23-19)18(24)20-13-11-16-9-6-5-7-10-16/h9,14H,3-8,10-13H2,1-2H3,(H,20,24)(H,21,22,23). The van der Waals surface area contributed by atoms with Crippen LogP contribution in [0.5, 0.6) is 0 Å². The SMILES string of the molecule is CCCCCNc1nc(C)cc(C(=O)NCCC2=CCCCC2)n1. The van der Waals surface area contributed by atoms with Gasteiger partial charge in [0.25, 0.3) is 5.91 Å². The second-order valence-electron chi connectivity index (χ2n) is 6.47. The first-order valence-electron chi connectivity index (χ1n) is 9.24. The van der Waals surface area contributed by atoms with Crippen LogP contribution >= 0.6 is 0 Å². The summed E-state index contributed by atoms with van der Waals surface area (Å²) >= 11 is 0. The highest BCUT2D eigenvalue weighted by Crippen LogP contribution is 2.19. The van der Waals surface area contributed by atoms with Crippen LogP contribution in [0.2, 0.25) is 0 Å². The van der Waals surface area contributed by atoms with Gasteiger partial charge in [0.2, 0.25) is 5.95 Å². The Labute approximate surface area is 145 Å². The molecule has 0 unspecified atom stereocenters. The Bertz CT molecular complexity index is 568. The Kier molecular flexibility index (Phi) is 7.72. The van der Waals surface area contributed by atoms with E-state index in [4.69, 9.17) is 0 Å². The molecule has 0 saturated heterocycles. The lowest BCUT2D eigenvalue weighted by Gasteiger charge is -2.13. The summed E-state index contributed by atoms with van der Waals surface area (Å²) in [6.45, 7) is 5.58. The maximum absolute atomic E-state index is 12.3. The molecule has 0 radical (unpaired) electrons. The molecule has 1 aromatic rings. The summed E-state index contributed by atoms with van der Waals surface area (Å²) in [4.78, 5) is 21.0. The molecule has 0 aromatic carbocycles. The van der Waals surface area contributed by atoms with Crippen molar-refractivity contribution in [1.29, 1.82) is 0 Å². The van der Waals surface area contributed by atoms with E-state index in [1.807, 2.05) is 6.92 Å². The number of aromatic nitrogens is 2. The van der Waals surface area contributed by atoms with Gasteiger partial charge in [-0.15, -0.1) is 0 Å². The number of unbranched alkanes of at least 4 members (excludes halogenated alkanes) is 2. The van der Waals surface area contributed by atoms with Crippen molar-refractivity contribution in [3.63, 3.8) is 0 Å². The molecule has 1 aliphatic carbocycles. The third-order valence-electron chi connectivity index (χ3n) is 4.27. The van der Waals surface area contributed by atoms with Crippen molar-refractivity contribution in [1.82, 2.24) is 15.3 Å². The average Bonchev–Trinajstić information content (AvgIpc) is 2.59. The third-order valence-corrected chi connectivity index (χ3v) is 4.27. The molecule has 0 fully saturated rings. The maximum Gasteiger partial charge on any atom is 0.270 e. The molecule has 0 bridgehead atoms. The zero-order valence-corrected chi connectivity index (χ0v) is 15.0. The monoisotopic (exact) mass is 330 g/mol. The van der Waals surface area contributed by atoms with Crippen LogP contribution in [0, 0.1) is 6.92 Å². The fraction of sp³-hybridized carbons (Fsp3) is 0.632. The van der Waals surface area contributed by atoms with Crippen molar-refractivity contribution < 1.29 is 4.79 Å². The number of hydrogen-bond acceptors (Lipinski definition) is 4. The lowest BCUT2D eigenvalue weighted by atomic mass is 9.97. The Hall–Kier alpha value is -1.91. The van der Waals surface area contributed by atoms with Crippen LogP contribution in [-0.4, -0.2) is 29.0 Å². The third kappa shape index (κ3) is 6.30. The van der Waals surface area contributed by atoms with E-state index in [1.54, 1.807) is 6.07 Å². The van der Waals surface area contributed by atoms with Crippen LogP contribution in [0.15, 0.2) is 17.7 Å². The molecule has 2 N–H and O–H groups in total. The van der Waals surface area contributed by atoms with E-state index >= 15 is 0 Å². The Morgan fingerprint density at radius 3 is 2.83 bits per heavy atom. The van der Waals surface area contributed by atoms with E-state index in [0.29, 0.717) is 18.2 Å². The van der Waals surface area contributed by atoms with Gasteiger partial charge in [0, 0.05) is 18.8 Å². The van der Waals surface area contributed by atoms with Gasteiger partial charge in [-0.05, 0) is 51.5 Å². The molecular weight excluding hydrogens is 300 g/mol. The number of hydrogen-bond donors (Lipinski definition) is 2. The van der Waals surface area contributed by atoms with Crippen LogP contribution in [-0.2, 0) is 0 Å². The topological polar surface area (TPSA) is 66.9 Å². The van der Waals surface area contributed by atoms with E-state index in [1.165, 1.54) is 44.1 Å². The number of nitrogens with zero attached hydrogens (tertiary/aromatic N) is 2. The minimum Gasteiger partial charge on any atom is -0.354 e. The smallest absolute Gasteiger partial charge is 0.270 e. The van der Waals surface area contributed by atoms with Gasteiger partial charge in [0.05, 0.1) is 0 Å². The maximum atomic E-state index is 12.3. The van der Waals surface area contributed by atoms with Crippen LogP contribution in [0.4, 0.5) is 5.95 Å². The lowest BCUT2D eigenvalue weighted by Crippen LogP contribution is -2.26. The fourth-order valence-corrected chi connectivity index (χ4v) is 2.90. The summed E-state index contributed by atoms with van der Waals surface area (Å²) in [5.41, 5.74) is 2.72. The molecule has 0 saturated carbocycles. The molecule has 132 valence electrons. The molecule has 5 nitrogen and oxygen atoms in total. The molecular formula is C19H30N4O. The number of carbonyl (C=O) groups excluding carboxylic acids is 1. The number of amides is 1. The average molecular weight is 330 g/mol. The van der Waals surface area contributed by atoms with Gasteiger partial charge >= 0.3 is 0 Å². The molecule has 0 atom stereocenters. The van der Waals surface area contributed by atoms with E-state index in [0.717, 1.165) is 25.1 Å². The van der Waals surface area contributed by atoms with Crippen LogP contribution in [0.1, 0.15) is 74.5 Å². The second kappa shape index (κ2) is 10.1. The Morgan fingerprint density at radius 2 is 2.08 bits per heavy atom. The zero-order chi connectivity index (χ0) is 17.2. The van der Waals surface area contributed by atoms with Gasteiger partial charge in [-0.1, -0.05) is 31.4 Å². The number of anilines is 1. The first kappa shape index (κ1) is 18.4. The molecule has 5 heteroatoms. The summed E-state index contributed by atoms with van der Waals surface area (Å²) in [6.07, 6.45) is 11.6. The number of aryl methyl sites for hydroxylation is 1. The number of nitrogens with one attached hydrogen (secondary N) is 2. The Balaban J connectivity index is 1.83.